The van der Waals surface area contributed by atoms with Crippen LogP contribution in [-0.2, 0) is 11.0 Å². The van der Waals surface area contributed by atoms with Gasteiger partial charge in [0.2, 0.25) is 0 Å². The maximum absolute atomic E-state index is 6.52. The van der Waals surface area contributed by atoms with Crippen LogP contribution < -0.4 is 5.73 Å². The molecule has 0 amide bonds. The Labute approximate surface area is 124 Å². The molecule has 1 aliphatic carbocycles. The predicted octanol–water partition coefficient (Wildman–Crippen LogP) is 4.57. The van der Waals surface area contributed by atoms with Crippen LogP contribution in [0.15, 0.2) is 0 Å². The molecule has 114 valence electrons. The van der Waals surface area contributed by atoms with E-state index in [9.17, 15) is 0 Å². The standard InChI is InChI=1S/C17H31N3/c1-16(2,3)15-19-13(12-10-8-7-9-11-12)14(18)20(15)17(4,5)6/h12H,7-11,18H2,1-6H3. The first-order valence-electron chi connectivity index (χ1n) is 8.01. The van der Waals surface area contributed by atoms with Crippen LogP contribution in [0.5, 0.6) is 0 Å². The molecule has 3 nitrogen and oxygen atoms in total. The van der Waals surface area contributed by atoms with E-state index < -0.39 is 0 Å². The van der Waals surface area contributed by atoms with Gasteiger partial charge < -0.3 is 10.3 Å². The van der Waals surface area contributed by atoms with E-state index in [1.807, 2.05) is 0 Å². The lowest BCUT2D eigenvalue weighted by atomic mass is 9.87. The van der Waals surface area contributed by atoms with Crippen molar-refractivity contribution in [3.05, 3.63) is 11.5 Å². The van der Waals surface area contributed by atoms with Crippen molar-refractivity contribution in [1.29, 1.82) is 0 Å². The summed E-state index contributed by atoms with van der Waals surface area (Å²) in [5, 5.41) is 0. The van der Waals surface area contributed by atoms with E-state index >= 15 is 0 Å². The van der Waals surface area contributed by atoms with Crippen molar-refractivity contribution in [3.63, 3.8) is 0 Å². The van der Waals surface area contributed by atoms with Gasteiger partial charge in [-0.2, -0.15) is 0 Å². The van der Waals surface area contributed by atoms with E-state index in [4.69, 9.17) is 10.7 Å². The molecule has 2 rings (SSSR count). The number of aromatic nitrogens is 2. The summed E-state index contributed by atoms with van der Waals surface area (Å²) in [5.41, 5.74) is 7.68. The first kappa shape index (κ1) is 15.4. The Morgan fingerprint density at radius 3 is 1.95 bits per heavy atom. The molecule has 1 saturated carbocycles. The van der Waals surface area contributed by atoms with E-state index in [2.05, 4.69) is 46.1 Å². The van der Waals surface area contributed by atoms with E-state index in [-0.39, 0.29) is 11.0 Å². The van der Waals surface area contributed by atoms with E-state index in [1.54, 1.807) is 0 Å². The van der Waals surface area contributed by atoms with Gasteiger partial charge in [0.25, 0.3) is 0 Å². The van der Waals surface area contributed by atoms with Crippen molar-refractivity contribution < 1.29 is 0 Å². The highest BCUT2D eigenvalue weighted by Crippen LogP contribution is 2.39. The number of rotatable bonds is 1. The highest BCUT2D eigenvalue weighted by molar-refractivity contribution is 5.43. The van der Waals surface area contributed by atoms with Crippen LogP contribution in [0.3, 0.4) is 0 Å². The van der Waals surface area contributed by atoms with E-state index in [0.717, 1.165) is 17.3 Å². The summed E-state index contributed by atoms with van der Waals surface area (Å²) in [6.07, 6.45) is 6.49. The fourth-order valence-electron chi connectivity index (χ4n) is 3.31. The Morgan fingerprint density at radius 1 is 1.00 bits per heavy atom. The monoisotopic (exact) mass is 277 g/mol. The van der Waals surface area contributed by atoms with Crippen molar-refractivity contribution >= 4 is 5.82 Å². The average Bonchev–Trinajstić information content (AvgIpc) is 2.67. The van der Waals surface area contributed by atoms with Crippen LogP contribution in [0.2, 0.25) is 0 Å². The summed E-state index contributed by atoms with van der Waals surface area (Å²) in [6, 6.07) is 0. The highest BCUT2D eigenvalue weighted by Gasteiger charge is 2.32. The fourth-order valence-corrected chi connectivity index (χ4v) is 3.31. The number of nitrogen functional groups attached to an aromatic ring is 1. The number of anilines is 1. The van der Waals surface area contributed by atoms with Crippen molar-refractivity contribution in [2.45, 2.75) is 90.5 Å². The maximum atomic E-state index is 6.52. The molecule has 0 bridgehead atoms. The Hall–Kier alpha value is -0.990. The molecule has 0 saturated heterocycles. The molecular formula is C17H31N3. The van der Waals surface area contributed by atoms with Crippen molar-refractivity contribution in [2.75, 3.05) is 5.73 Å². The smallest absolute Gasteiger partial charge is 0.127 e. The zero-order valence-corrected chi connectivity index (χ0v) is 14.1. The molecule has 0 aromatic carbocycles. The molecule has 0 spiro atoms. The van der Waals surface area contributed by atoms with Gasteiger partial charge in [0.15, 0.2) is 0 Å². The van der Waals surface area contributed by atoms with Crippen molar-refractivity contribution in [3.8, 4) is 0 Å². The quantitative estimate of drug-likeness (QED) is 0.817. The molecule has 0 radical (unpaired) electrons. The third kappa shape index (κ3) is 2.87. The van der Waals surface area contributed by atoms with Crippen LogP contribution in [0, 0.1) is 0 Å². The van der Waals surface area contributed by atoms with E-state index in [0.29, 0.717) is 5.92 Å². The first-order chi connectivity index (χ1) is 9.12. The molecule has 1 heterocycles. The zero-order valence-electron chi connectivity index (χ0n) is 14.1. The van der Waals surface area contributed by atoms with Crippen LogP contribution in [0.25, 0.3) is 0 Å². The number of hydrogen-bond acceptors (Lipinski definition) is 2. The number of hydrogen-bond donors (Lipinski definition) is 1. The summed E-state index contributed by atoms with van der Waals surface area (Å²) in [5.74, 6) is 2.59. The summed E-state index contributed by atoms with van der Waals surface area (Å²) in [7, 11) is 0. The van der Waals surface area contributed by atoms with Gasteiger partial charge in [0.05, 0.1) is 5.69 Å². The minimum atomic E-state index is -0.0212. The molecule has 0 aliphatic heterocycles. The minimum Gasteiger partial charge on any atom is -0.384 e. The molecule has 0 unspecified atom stereocenters. The van der Waals surface area contributed by atoms with Crippen molar-refractivity contribution in [1.82, 2.24) is 9.55 Å². The number of imidazole rings is 1. The molecule has 3 heteroatoms. The second kappa shape index (κ2) is 5.09. The molecule has 1 aromatic heterocycles. The Bertz CT molecular complexity index is 466. The summed E-state index contributed by atoms with van der Waals surface area (Å²) < 4.78 is 2.26. The van der Waals surface area contributed by atoms with Gasteiger partial charge in [-0.05, 0) is 33.6 Å². The first-order valence-corrected chi connectivity index (χ1v) is 8.01. The summed E-state index contributed by atoms with van der Waals surface area (Å²) >= 11 is 0. The maximum Gasteiger partial charge on any atom is 0.127 e. The lowest BCUT2D eigenvalue weighted by molar-refractivity contribution is 0.359. The number of nitrogens with zero attached hydrogens (tertiary/aromatic N) is 2. The van der Waals surface area contributed by atoms with Crippen LogP contribution >= 0.6 is 0 Å². The van der Waals surface area contributed by atoms with Crippen LogP contribution in [0.4, 0.5) is 5.82 Å². The second-order valence-corrected chi connectivity index (χ2v) is 8.30. The molecule has 20 heavy (non-hydrogen) atoms. The Morgan fingerprint density at radius 2 is 1.55 bits per heavy atom. The molecule has 1 aliphatic rings. The molecular weight excluding hydrogens is 246 g/mol. The number of nitrogens with two attached hydrogens (primary N) is 1. The summed E-state index contributed by atoms with van der Waals surface area (Å²) in [4.78, 5) is 5.01. The van der Waals surface area contributed by atoms with Gasteiger partial charge >= 0.3 is 0 Å². The second-order valence-electron chi connectivity index (χ2n) is 8.30. The lowest BCUT2D eigenvalue weighted by Gasteiger charge is -2.30. The van der Waals surface area contributed by atoms with Crippen LogP contribution in [0.1, 0.15) is 91.1 Å². The zero-order chi connectivity index (χ0) is 15.1. The van der Waals surface area contributed by atoms with Crippen LogP contribution in [-0.4, -0.2) is 9.55 Å². The molecule has 1 aromatic rings. The van der Waals surface area contributed by atoms with Gasteiger partial charge in [0.1, 0.15) is 11.6 Å². The van der Waals surface area contributed by atoms with Gasteiger partial charge in [-0.25, -0.2) is 4.98 Å². The third-order valence-electron chi connectivity index (χ3n) is 4.28. The minimum absolute atomic E-state index is 0.0212. The van der Waals surface area contributed by atoms with Gasteiger partial charge in [-0.1, -0.05) is 40.0 Å². The van der Waals surface area contributed by atoms with Gasteiger partial charge in [-0.3, -0.25) is 0 Å². The Kier molecular flexibility index (Phi) is 3.92. The molecule has 2 N–H and O–H groups in total. The summed E-state index contributed by atoms with van der Waals surface area (Å²) in [6.45, 7) is 13.3. The topological polar surface area (TPSA) is 43.8 Å². The highest BCUT2D eigenvalue weighted by atomic mass is 15.2. The normalized spacial score (nSPS) is 18.5. The van der Waals surface area contributed by atoms with E-state index in [1.165, 1.54) is 32.1 Å². The largest absolute Gasteiger partial charge is 0.384 e. The molecule has 1 fully saturated rings. The van der Waals surface area contributed by atoms with Gasteiger partial charge in [-0.15, -0.1) is 0 Å². The average molecular weight is 277 g/mol. The lowest BCUT2D eigenvalue weighted by Crippen LogP contribution is -2.30. The Balaban J connectivity index is 2.52. The van der Waals surface area contributed by atoms with Gasteiger partial charge in [0, 0.05) is 16.9 Å². The molecule has 0 atom stereocenters. The van der Waals surface area contributed by atoms with Crippen molar-refractivity contribution in [2.24, 2.45) is 0 Å². The predicted molar refractivity (Wildman–Crippen MR) is 86.2 cm³/mol. The third-order valence-corrected chi connectivity index (χ3v) is 4.28. The SMILES string of the molecule is CC(C)(C)c1nc(C2CCCCC2)c(N)n1C(C)(C)C. The fraction of sp³-hybridized carbons (Fsp3) is 0.824.